The maximum atomic E-state index is 12.4. The van der Waals surface area contributed by atoms with Crippen LogP contribution in [0.2, 0.25) is 0 Å². The van der Waals surface area contributed by atoms with E-state index in [1.54, 1.807) is 45.0 Å². The maximum absolute atomic E-state index is 12.4. The van der Waals surface area contributed by atoms with Gasteiger partial charge in [0.1, 0.15) is 5.60 Å². The van der Waals surface area contributed by atoms with Crippen LogP contribution in [0.3, 0.4) is 0 Å². The molecular formula is C23H27N7O6. The number of amides is 2. The quantitative estimate of drug-likeness (QED) is 0.274. The van der Waals surface area contributed by atoms with Crippen LogP contribution in [0.25, 0.3) is 11.2 Å². The summed E-state index contributed by atoms with van der Waals surface area (Å²) in [5.41, 5.74) is 0.422. The van der Waals surface area contributed by atoms with E-state index in [1.807, 2.05) is 0 Å². The first-order valence-electron chi connectivity index (χ1n) is 11.1. The molecule has 3 rings (SSSR count). The number of nitrogens with zero attached hydrogens (tertiary/aromatic N) is 3. The molecular weight excluding hydrogens is 470 g/mol. The summed E-state index contributed by atoms with van der Waals surface area (Å²) < 4.78 is 5.14. The largest absolute Gasteiger partial charge is 0.481 e. The number of aromatic amines is 1. The molecule has 0 saturated heterocycles. The van der Waals surface area contributed by atoms with Gasteiger partial charge < -0.3 is 20.5 Å². The van der Waals surface area contributed by atoms with Crippen LogP contribution in [-0.2, 0) is 16.1 Å². The SMILES string of the molecule is CC(C)(C)OC(=O)Nc1nc2ncc(CNc3ccc(C(=O)NCCCC(=O)O)cc3)nc2c(=O)[nH]1. The Morgan fingerprint density at radius 1 is 1.11 bits per heavy atom. The van der Waals surface area contributed by atoms with Crippen LogP contribution < -0.4 is 21.5 Å². The van der Waals surface area contributed by atoms with Crippen molar-refractivity contribution >= 4 is 40.8 Å². The average Bonchev–Trinajstić information content (AvgIpc) is 2.79. The van der Waals surface area contributed by atoms with Gasteiger partial charge in [0, 0.05) is 24.2 Å². The number of nitrogens with one attached hydrogen (secondary N) is 4. The highest BCUT2D eigenvalue weighted by atomic mass is 16.6. The summed E-state index contributed by atoms with van der Waals surface area (Å²) in [6.45, 7) is 5.66. The Morgan fingerprint density at radius 3 is 2.50 bits per heavy atom. The number of hydrogen-bond donors (Lipinski definition) is 5. The van der Waals surface area contributed by atoms with E-state index >= 15 is 0 Å². The molecule has 0 bridgehead atoms. The predicted octanol–water partition coefficient (Wildman–Crippen LogP) is 2.27. The van der Waals surface area contributed by atoms with Crippen molar-refractivity contribution in [2.24, 2.45) is 0 Å². The van der Waals surface area contributed by atoms with Crippen molar-refractivity contribution in [3.63, 3.8) is 0 Å². The summed E-state index contributed by atoms with van der Waals surface area (Å²) in [5, 5.41) is 16.8. The van der Waals surface area contributed by atoms with E-state index in [4.69, 9.17) is 9.84 Å². The summed E-state index contributed by atoms with van der Waals surface area (Å²) >= 11 is 0. The molecule has 2 heterocycles. The summed E-state index contributed by atoms with van der Waals surface area (Å²) in [4.78, 5) is 62.0. The lowest BCUT2D eigenvalue weighted by atomic mass is 10.2. The van der Waals surface area contributed by atoms with E-state index in [0.29, 0.717) is 23.4 Å². The zero-order valence-corrected chi connectivity index (χ0v) is 20.0. The number of carboxylic acid groups (broad SMARTS) is 1. The zero-order valence-electron chi connectivity index (χ0n) is 20.0. The normalized spacial score (nSPS) is 11.1. The first-order chi connectivity index (χ1) is 17.0. The molecule has 0 spiro atoms. The smallest absolute Gasteiger partial charge is 0.414 e. The fourth-order valence-corrected chi connectivity index (χ4v) is 2.97. The van der Waals surface area contributed by atoms with Crippen molar-refractivity contribution in [2.45, 2.75) is 45.8 Å². The molecule has 13 heteroatoms. The minimum absolute atomic E-state index is 0.00708. The number of rotatable bonds is 9. The molecule has 0 aliphatic rings. The van der Waals surface area contributed by atoms with Crippen LogP contribution in [0, 0.1) is 0 Å². The standard InChI is InChI=1S/C23H27N7O6/c1-23(2,3)36-22(35)30-21-28-18-17(20(34)29-21)27-15(12-26-18)11-25-14-8-6-13(7-9-14)19(33)24-10-4-5-16(31)32/h6-9,12,25H,4-5,10-11H2,1-3H3,(H,24,33)(H,31,32)(H2,26,28,29,30,34,35). The molecule has 5 N–H and O–H groups in total. The number of benzene rings is 1. The van der Waals surface area contributed by atoms with Crippen molar-refractivity contribution in [1.82, 2.24) is 25.3 Å². The average molecular weight is 498 g/mol. The number of fused-ring (bicyclic) bond motifs is 1. The number of carboxylic acids is 1. The lowest BCUT2D eigenvalue weighted by Crippen LogP contribution is -2.28. The minimum Gasteiger partial charge on any atom is -0.481 e. The topological polar surface area (TPSA) is 188 Å². The Bertz CT molecular complexity index is 1320. The highest BCUT2D eigenvalue weighted by Crippen LogP contribution is 2.13. The third kappa shape index (κ3) is 7.75. The van der Waals surface area contributed by atoms with Gasteiger partial charge in [-0.05, 0) is 51.5 Å². The highest BCUT2D eigenvalue weighted by Gasteiger charge is 2.18. The van der Waals surface area contributed by atoms with Crippen molar-refractivity contribution in [3.05, 3.63) is 52.1 Å². The second-order valence-electron chi connectivity index (χ2n) is 8.76. The van der Waals surface area contributed by atoms with Crippen LogP contribution in [0.5, 0.6) is 0 Å². The van der Waals surface area contributed by atoms with Gasteiger partial charge in [-0.25, -0.2) is 14.8 Å². The molecule has 2 amide bonds. The van der Waals surface area contributed by atoms with Crippen LogP contribution in [0.15, 0.2) is 35.3 Å². The molecule has 13 nitrogen and oxygen atoms in total. The zero-order chi connectivity index (χ0) is 26.3. The Kier molecular flexibility index (Phi) is 8.14. The van der Waals surface area contributed by atoms with E-state index in [9.17, 15) is 19.2 Å². The van der Waals surface area contributed by atoms with Crippen molar-refractivity contribution < 1.29 is 24.2 Å². The third-order valence-corrected chi connectivity index (χ3v) is 4.56. The van der Waals surface area contributed by atoms with Crippen molar-refractivity contribution in [2.75, 3.05) is 17.2 Å². The first kappa shape index (κ1) is 26.1. The number of anilines is 2. The predicted molar refractivity (Wildman–Crippen MR) is 131 cm³/mol. The Morgan fingerprint density at radius 2 is 1.83 bits per heavy atom. The second kappa shape index (κ2) is 11.3. The fourth-order valence-electron chi connectivity index (χ4n) is 2.97. The molecule has 0 fully saturated rings. The summed E-state index contributed by atoms with van der Waals surface area (Å²) in [7, 11) is 0. The van der Waals surface area contributed by atoms with Gasteiger partial charge in [-0.1, -0.05) is 0 Å². The molecule has 0 aliphatic heterocycles. The lowest BCUT2D eigenvalue weighted by Gasteiger charge is -2.19. The van der Waals surface area contributed by atoms with Crippen molar-refractivity contribution in [1.29, 1.82) is 0 Å². The van der Waals surface area contributed by atoms with E-state index in [0.717, 1.165) is 0 Å². The molecule has 3 aromatic rings. The summed E-state index contributed by atoms with van der Waals surface area (Å²) in [6.07, 6.45) is 1.04. The molecule has 0 saturated carbocycles. The molecule has 190 valence electrons. The van der Waals surface area contributed by atoms with Gasteiger partial charge >= 0.3 is 12.1 Å². The van der Waals surface area contributed by atoms with Crippen molar-refractivity contribution in [3.8, 4) is 0 Å². The number of carbonyl (C=O) groups is 3. The van der Waals surface area contributed by atoms with Crippen LogP contribution >= 0.6 is 0 Å². The van der Waals surface area contributed by atoms with Crippen LogP contribution in [-0.4, -0.2) is 55.2 Å². The fraction of sp³-hybridized carbons (Fsp3) is 0.348. The van der Waals surface area contributed by atoms with Gasteiger partial charge in [0.05, 0.1) is 18.4 Å². The van der Waals surface area contributed by atoms with E-state index in [-0.39, 0.29) is 42.5 Å². The molecule has 2 aromatic heterocycles. The van der Waals surface area contributed by atoms with E-state index in [1.165, 1.54) is 6.20 Å². The van der Waals surface area contributed by atoms with Gasteiger partial charge in [-0.15, -0.1) is 0 Å². The number of aromatic nitrogens is 4. The molecule has 0 aliphatic carbocycles. The van der Waals surface area contributed by atoms with Gasteiger partial charge in [0.2, 0.25) is 5.95 Å². The minimum atomic E-state index is -0.906. The third-order valence-electron chi connectivity index (χ3n) is 4.56. The van der Waals surface area contributed by atoms with Crippen LogP contribution in [0.4, 0.5) is 16.4 Å². The number of carbonyl (C=O) groups excluding carboxylic acids is 2. The Hall–Kier alpha value is -4.55. The van der Waals surface area contributed by atoms with E-state index < -0.39 is 23.2 Å². The molecule has 36 heavy (non-hydrogen) atoms. The van der Waals surface area contributed by atoms with Gasteiger partial charge in [-0.2, -0.15) is 4.98 Å². The Labute approximate surface area is 205 Å². The number of aliphatic carboxylic acids is 1. The second-order valence-corrected chi connectivity index (χ2v) is 8.76. The van der Waals surface area contributed by atoms with E-state index in [2.05, 4.69) is 35.9 Å². The first-order valence-corrected chi connectivity index (χ1v) is 11.1. The molecule has 0 unspecified atom stereocenters. The van der Waals surface area contributed by atoms with Gasteiger partial charge in [0.25, 0.3) is 11.5 Å². The van der Waals surface area contributed by atoms with Gasteiger partial charge in [-0.3, -0.25) is 24.7 Å². The summed E-state index contributed by atoms with van der Waals surface area (Å²) in [6, 6.07) is 6.69. The maximum Gasteiger partial charge on any atom is 0.414 e. The number of hydrogen-bond acceptors (Lipinski definition) is 9. The monoisotopic (exact) mass is 497 g/mol. The summed E-state index contributed by atoms with van der Waals surface area (Å²) in [5.74, 6) is -1.30. The number of H-pyrrole nitrogens is 1. The lowest BCUT2D eigenvalue weighted by molar-refractivity contribution is -0.137. The Balaban J connectivity index is 1.59. The van der Waals surface area contributed by atoms with Gasteiger partial charge in [0.15, 0.2) is 11.2 Å². The molecule has 1 aromatic carbocycles. The molecule has 0 atom stereocenters. The highest BCUT2D eigenvalue weighted by molar-refractivity contribution is 5.94. The molecule has 0 radical (unpaired) electrons. The number of ether oxygens (including phenoxy) is 1. The van der Waals surface area contributed by atoms with Crippen LogP contribution in [0.1, 0.15) is 49.7 Å².